The normalized spacial score (nSPS) is 19.8. The number of carbonyl (C=O) groups excluding carboxylic acids is 3. The predicted octanol–water partition coefficient (Wildman–Crippen LogP) is 6.65. The Balaban J connectivity index is 1.45. The third kappa shape index (κ3) is 5.91. The van der Waals surface area contributed by atoms with Gasteiger partial charge in [-0.15, -0.1) is 0 Å². The van der Waals surface area contributed by atoms with Crippen LogP contribution in [0.3, 0.4) is 0 Å². The van der Waals surface area contributed by atoms with E-state index >= 15 is 0 Å². The highest BCUT2D eigenvalue weighted by atomic mass is 35.5. The number of Topliss-reactive ketones (excluding diaryl/α,β-unsaturated/α-hetero) is 2. The lowest BCUT2D eigenvalue weighted by atomic mass is 9.64. The maximum atomic E-state index is 13.6. The van der Waals surface area contributed by atoms with Crippen molar-refractivity contribution >= 4 is 34.8 Å². The van der Waals surface area contributed by atoms with Gasteiger partial charge in [-0.25, -0.2) is 0 Å². The standard InChI is InChI=1S/C33H37ClN2O5/c1-18-7-9-20(12-21(18)34)35-28(39)17-41-26-10-8-19(11-27(26)40-6)29-30-22(13-32(2,3)15-24(30)37)36-23-14-33(4,5)16-25(38)31(23)29/h7-12,29,36H,13-17H2,1-6H3,(H,35,39). The lowest BCUT2D eigenvalue weighted by Crippen LogP contribution is -2.42. The summed E-state index contributed by atoms with van der Waals surface area (Å²) in [6.07, 6.45) is 2.31. The van der Waals surface area contributed by atoms with Crippen LogP contribution >= 0.6 is 11.6 Å². The van der Waals surface area contributed by atoms with Gasteiger partial charge in [0, 0.05) is 52.0 Å². The van der Waals surface area contributed by atoms with Gasteiger partial charge >= 0.3 is 0 Å². The number of nitrogens with one attached hydrogen (secondary N) is 2. The highest BCUT2D eigenvalue weighted by molar-refractivity contribution is 6.31. The zero-order valence-electron chi connectivity index (χ0n) is 24.5. The molecule has 3 aliphatic rings. The van der Waals surface area contributed by atoms with E-state index in [0.29, 0.717) is 46.2 Å². The molecule has 0 saturated heterocycles. The van der Waals surface area contributed by atoms with Gasteiger partial charge in [-0.05, 0) is 66.0 Å². The van der Waals surface area contributed by atoms with Gasteiger partial charge in [0.05, 0.1) is 7.11 Å². The number of halogens is 1. The Morgan fingerprint density at radius 1 is 0.927 bits per heavy atom. The van der Waals surface area contributed by atoms with Crippen molar-refractivity contribution in [2.24, 2.45) is 10.8 Å². The number of amides is 1. The highest BCUT2D eigenvalue weighted by Crippen LogP contribution is 2.51. The lowest BCUT2D eigenvalue weighted by Gasteiger charge is -2.44. The van der Waals surface area contributed by atoms with E-state index < -0.39 is 5.92 Å². The largest absolute Gasteiger partial charge is 0.493 e. The monoisotopic (exact) mass is 576 g/mol. The Labute approximate surface area is 246 Å². The molecule has 8 heteroatoms. The molecule has 0 fully saturated rings. The molecule has 1 aliphatic heterocycles. The Bertz CT molecular complexity index is 1470. The summed E-state index contributed by atoms with van der Waals surface area (Å²) < 4.78 is 11.5. The minimum Gasteiger partial charge on any atom is -0.493 e. The Hall–Kier alpha value is -3.58. The number of ketones is 2. The summed E-state index contributed by atoms with van der Waals surface area (Å²) >= 11 is 6.17. The summed E-state index contributed by atoms with van der Waals surface area (Å²) in [6.45, 7) is 10.1. The van der Waals surface area contributed by atoms with Crippen molar-refractivity contribution in [3.63, 3.8) is 0 Å². The molecule has 1 amide bonds. The van der Waals surface area contributed by atoms with Gasteiger partial charge in [0.2, 0.25) is 0 Å². The van der Waals surface area contributed by atoms with Gasteiger partial charge in [-0.1, -0.05) is 51.4 Å². The van der Waals surface area contributed by atoms with E-state index in [2.05, 4.69) is 38.3 Å². The second kappa shape index (κ2) is 10.7. The fourth-order valence-corrected chi connectivity index (χ4v) is 6.40. The number of hydrogen-bond donors (Lipinski definition) is 2. The van der Waals surface area contributed by atoms with Gasteiger partial charge in [-0.2, -0.15) is 0 Å². The number of rotatable bonds is 6. The van der Waals surface area contributed by atoms with Crippen molar-refractivity contribution in [3.05, 3.63) is 75.1 Å². The number of allylic oxidation sites excluding steroid dienone is 4. The summed E-state index contributed by atoms with van der Waals surface area (Å²) in [5.41, 5.74) is 5.11. The van der Waals surface area contributed by atoms with E-state index in [-0.39, 0.29) is 34.9 Å². The van der Waals surface area contributed by atoms with Gasteiger partial charge < -0.3 is 20.1 Å². The molecule has 2 aromatic carbocycles. The molecule has 7 nitrogen and oxygen atoms in total. The maximum absolute atomic E-state index is 13.6. The molecule has 0 spiro atoms. The predicted molar refractivity (Wildman–Crippen MR) is 159 cm³/mol. The van der Waals surface area contributed by atoms with Crippen LogP contribution in [0.1, 0.15) is 70.4 Å². The zero-order chi connectivity index (χ0) is 29.7. The van der Waals surface area contributed by atoms with E-state index in [4.69, 9.17) is 21.1 Å². The topological polar surface area (TPSA) is 93.7 Å². The molecule has 2 aliphatic carbocycles. The van der Waals surface area contributed by atoms with Gasteiger partial charge in [-0.3, -0.25) is 14.4 Å². The van der Waals surface area contributed by atoms with E-state index in [1.54, 1.807) is 18.2 Å². The van der Waals surface area contributed by atoms with Crippen molar-refractivity contribution < 1.29 is 23.9 Å². The number of benzene rings is 2. The molecule has 0 aromatic heterocycles. The fourth-order valence-electron chi connectivity index (χ4n) is 6.22. The third-order valence-corrected chi connectivity index (χ3v) is 8.46. The first kappa shape index (κ1) is 28.9. The SMILES string of the molecule is COc1cc(C2C3=C(CC(C)(C)CC3=O)NC3=C2C(=O)CC(C)(C)C3)ccc1OCC(=O)Nc1ccc(C)c(Cl)c1. The molecule has 0 unspecified atom stereocenters. The van der Waals surface area contributed by atoms with Crippen LogP contribution in [-0.4, -0.2) is 31.2 Å². The summed E-state index contributed by atoms with van der Waals surface area (Å²) in [4.78, 5) is 39.7. The Morgan fingerprint density at radius 2 is 1.54 bits per heavy atom. The van der Waals surface area contributed by atoms with Crippen LogP contribution in [0.2, 0.25) is 5.02 Å². The molecule has 5 rings (SSSR count). The number of anilines is 1. The molecule has 41 heavy (non-hydrogen) atoms. The summed E-state index contributed by atoms with van der Waals surface area (Å²) in [5, 5.41) is 6.89. The molecule has 2 N–H and O–H groups in total. The van der Waals surface area contributed by atoms with Crippen LogP contribution in [0.5, 0.6) is 11.5 Å². The van der Waals surface area contributed by atoms with Gasteiger partial charge in [0.15, 0.2) is 29.7 Å². The molecule has 0 bridgehead atoms. The molecule has 1 heterocycles. The smallest absolute Gasteiger partial charge is 0.262 e. The number of dihydropyridines is 1. The van der Waals surface area contributed by atoms with Crippen LogP contribution in [-0.2, 0) is 14.4 Å². The highest BCUT2D eigenvalue weighted by Gasteiger charge is 2.46. The van der Waals surface area contributed by atoms with E-state index in [0.717, 1.165) is 35.4 Å². The van der Waals surface area contributed by atoms with Crippen molar-refractivity contribution in [1.82, 2.24) is 5.32 Å². The van der Waals surface area contributed by atoms with E-state index in [1.807, 2.05) is 25.1 Å². The fraction of sp³-hybridized carbons (Fsp3) is 0.424. The van der Waals surface area contributed by atoms with Crippen LogP contribution in [0.25, 0.3) is 0 Å². The quantitative estimate of drug-likeness (QED) is 0.400. The second-order valence-corrected chi connectivity index (χ2v) is 13.3. The number of methoxy groups -OCH3 is 1. The van der Waals surface area contributed by atoms with Crippen molar-refractivity contribution in [2.75, 3.05) is 19.0 Å². The first-order valence-electron chi connectivity index (χ1n) is 13.9. The van der Waals surface area contributed by atoms with Crippen LogP contribution in [0.4, 0.5) is 5.69 Å². The second-order valence-electron chi connectivity index (χ2n) is 12.9. The van der Waals surface area contributed by atoms with Crippen molar-refractivity contribution in [2.45, 2.75) is 66.2 Å². The van der Waals surface area contributed by atoms with Crippen LogP contribution in [0.15, 0.2) is 58.9 Å². The number of carbonyl (C=O) groups is 3. The first-order valence-corrected chi connectivity index (χ1v) is 14.3. The number of aryl methyl sites for hydroxylation is 1. The minimum absolute atomic E-state index is 0.0603. The molecular formula is C33H37ClN2O5. The summed E-state index contributed by atoms with van der Waals surface area (Å²) in [5.74, 6) is 0.104. The first-order chi connectivity index (χ1) is 19.3. The average molecular weight is 577 g/mol. The van der Waals surface area contributed by atoms with E-state index in [1.165, 1.54) is 7.11 Å². The molecule has 0 atom stereocenters. The molecule has 2 aromatic rings. The molecule has 216 valence electrons. The Morgan fingerprint density at radius 3 is 2.10 bits per heavy atom. The summed E-state index contributed by atoms with van der Waals surface area (Å²) in [7, 11) is 1.53. The molecular weight excluding hydrogens is 540 g/mol. The van der Waals surface area contributed by atoms with Crippen LogP contribution in [0, 0.1) is 17.8 Å². The van der Waals surface area contributed by atoms with Crippen molar-refractivity contribution in [1.29, 1.82) is 0 Å². The number of hydrogen-bond acceptors (Lipinski definition) is 6. The van der Waals surface area contributed by atoms with Crippen molar-refractivity contribution in [3.8, 4) is 11.5 Å². The average Bonchev–Trinajstić information content (AvgIpc) is 2.87. The maximum Gasteiger partial charge on any atom is 0.262 e. The molecule has 0 saturated carbocycles. The van der Waals surface area contributed by atoms with Gasteiger partial charge in [0.1, 0.15) is 0 Å². The third-order valence-electron chi connectivity index (χ3n) is 8.05. The summed E-state index contributed by atoms with van der Waals surface area (Å²) in [6, 6.07) is 10.7. The minimum atomic E-state index is -0.481. The van der Waals surface area contributed by atoms with E-state index in [9.17, 15) is 14.4 Å². The number of ether oxygens (including phenoxy) is 2. The van der Waals surface area contributed by atoms with Crippen LogP contribution < -0.4 is 20.1 Å². The molecule has 0 radical (unpaired) electrons. The van der Waals surface area contributed by atoms with Gasteiger partial charge in [0.25, 0.3) is 5.91 Å². The zero-order valence-corrected chi connectivity index (χ0v) is 25.3. The Kier molecular flexibility index (Phi) is 7.53. The lowest BCUT2D eigenvalue weighted by molar-refractivity contribution is -0.119.